The topological polar surface area (TPSA) is 76.6 Å². The fourth-order valence-electron chi connectivity index (χ4n) is 4.34. The van der Waals surface area contributed by atoms with Crippen molar-refractivity contribution in [2.24, 2.45) is 5.41 Å². The predicted octanol–water partition coefficient (Wildman–Crippen LogP) is 4.33. The number of ether oxygens (including phenoxy) is 2. The first-order valence-corrected chi connectivity index (χ1v) is 10.6. The van der Waals surface area contributed by atoms with Crippen molar-refractivity contribution in [1.82, 2.24) is 14.9 Å². The zero-order chi connectivity index (χ0) is 23.6. The summed E-state index contributed by atoms with van der Waals surface area (Å²) in [6.45, 7) is 4.44. The number of alkyl halides is 3. The molecule has 1 atom stereocenters. The van der Waals surface area contributed by atoms with Crippen LogP contribution in [0.15, 0.2) is 30.6 Å². The van der Waals surface area contributed by atoms with Crippen molar-refractivity contribution in [1.29, 1.82) is 0 Å². The minimum absolute atomic E-state index is 0.118. The van der Waals surface area contributed by atoms with Crippen molar-refractivity contribution >= 4 is 11.9 Å². The summed E-state index contributed by atoms with van der Waals surface area (Å²) >= 11 is 0. The molecular formula is C22H24F4N4O3. The van der Waals surface area contributed by atoms with Gasteiger partial charge in [0, 0.05) is 50.3 Å². The second-order valence-electron chi connectivity index (χ2n) is 8.48. The van der Waals surface area contributed by atoms with Gasteiger partial charge in [-0.3, -0.25) is 4.79 Å². The Labute approximate surface area is 188 Å². The fourth-order valence-corrected chi connectivity index (χ4v) is 4.34. The number of nitrogens with one attached hydrogen (secondary N) is 1. The lowest BCUT2D eigenvalue weighted by molar-refractivity contribution is -0.274. The Morgan fingerprint density at radius 3 is 2.55 bits per heavy atom. The van der Waals surface area contributed by atoms with E-state index in [9.17, 15) is 22.4 Å². The molecule has 0 saturated carbocycles. The monoisotopic (exact) mass is 468 g/mol. The Hall–Kier alpha value is -2.95. The van der Waals surface area contributed by atoms with Gasteiger partial charge in [0.05, 0.1) is 11.6 Å². The summed E-state index contributed by atoms with van der Waals surface area (Å²) in [5.74, 6) is -1.47. The average Bonchev–Trinajstić information content (AvgIpc) is 3.16. The highest BCUT2D eigenvalue weighted by atomic mass is 19.4. The molecule has 0 aliphatic carbocycles. The second-order valence-corrected chi connectivity index (χ2v) is 8.48. The molecular weight excluding hydrogens is 444 g/mol. The largest absolute Gasteiger partial charge is 0.573 e. The molecule has 1 aromatic heterocycles. The Bertz CT molecular complexity index is 994. The van der Waals surface area contributed by atoms with E-state index in [1.807, 2.05) is 4.90 Å². The molecule has 2 aliphatic heterocycles. The number of aromatic nitrogens is 2. The van der Waals surface area contributed by atoms with Gasteiger partial charge in [-0.2, -0.15) is 0 Å². The molecule has 33 heavy (non-hydrogen) atoms. The maximum absolute atomic E-state index is 14.3. The Kier molecular flexibility index (Phi) is 6.42. The normalized spacial score (nSPS) is 18.9. The maximum Gasteiger partial charge on any atom is 0.573 e. The highest BCUT2D eigenvalue weighted by Gasteiger charge is 2.41. The third kappa shape index (κ3) is 5.52. The Morgan fingerprint density at radius 2 is 1.91 bits per heavy atom. The molecule has 2 fully saturated rings. The SMILES string of the molecule is CC(Nc1ncc(C(=O)N2CCC3(CCOCC3)C2)cn1)c1ccc(OC(F)(F)F)cc1F. The zero-order valence-corrected chi connectivity index (χ0v) is 18.0. The molecule has 1 unspecified atom stereocenters. The van der Waals surface area contributed by atoms with Gasteiger partial charge in [0.25, 0.3) is 5.91 Å². The Balaban J connectivity index is 1.37. The van der Waals surface area contributed by atoms with Gasteiger partial charge in [-0.15, -0.1) is 13.2 Å². The van der Waals surface area contributed by atoms with E-state index in [1.54, 1.807) is 6.92 Å². The summed E-state index contributed by atoms with van der Waals surface area (Å²) in [7, 11) is 0. The van der Waals surface area contributed by atoms with Crippen LogP contribution in [0.5, 0.6) is 5.75 Å². The van der Waals surface area contributed by atoms with Crippen LogP contribution in [0.1, 0.15) is 48.1 Å². The van der Waals surface area contributed by atoms with Crippen LogP contribution in [-0.4, -0.2) is 53.4 Å². The number of likely N-dealkylation sites (tertiary alicyclic amines) is 1. The van der Waals surface area contributed by atoms with Crippen LogP contribution >= 0.6 is 0 Å². The van der Waals surface area contributed by atoms with Crippen molar-refractivity contribution in [3.63, 3.8) is 0 Å². The standard InChI is InChI=1S/C22H24F4N4O3/c1-14(17-3-2-16(10-18(17)23)33-22(24,25)26)29-20-27-11-15(12-28-20)19(31)30-7-4-21(13-30)5-8-32-9-6-21/h2-3,10-12,14H,4-9,13H2,1H3,(H,27,28,29). The first kappa shape index (κ1) is 23.2. The van der Waals surface area contributed by atoms with Gasteiger partial charge in [-0.25, -0.2) is 14.4 Å². The van der Waals surface area contributed by atoms with Crippen LogP contribution in [0.4, 0.5) is 23.5 Å². The van der Waals surface area contributed by atoms with Gasteiger partial charge in [0.2, 0.25) is 5.95 Å². The number of rotatable bonds is 5. The van der Waals surface area contributed by atoms with E-state index in [0.717, 1.165) is 38.5 Å². The first-order valence-electron chi connectivity index (χ1n) is 10.6. The number of halogens is 4. The maximum atomic E-state index is 14.3. The number of anilines is 1. The van der Waals surface area contributed by atoms with Gasteiger partial charge >= 0.3 is 6.36 Å². The van der Waals surface area contributed by atoms with Crippen LogP contribution in [-0.2, 0) is 4.74 Å². The fraction of sp³-hybridized carbons (Fsp3) is 0.500. The minimum Gasteiger partial charge on any atom is -0.406 e. The van der Waals surface area contributed by atoms with Crippen LogP contribution in [0.25, 0.3) is 0 Å². The summed E-state index contributed by atoms with van der Waals surface area (Å²) in [5, 5.41) is 2.88. The molecule has 1 amide bonds. The van der Waals surface area contributed by atoms with Gasteiger partial charge in [0.1, 0.15) is 11.6 Å². The van der Waals surface area contributed by atoms with Gasteiger partial charge in [-0.1, -0.05) is 6.07 Å². The third-order valence-corrected chi connectivity index (χ3v) is 6.20. The number of hydrogen-bond acceptors (Lipinski definition) is 6. The van der Waals surface area contributed by atoms with E-state index in [4.69, 9.17) is 4.74 Å². The van der Waals surface area contributed by atoms with Crippen LogP contribution in [0.2, 0.25) is 0 Å². The lowest BCUT2D eigenvalue weighted by atomic mass is 9.80. The molecule has 7 nitrogen and oxygen atoms in total. The predicted molar refractivity (Wildman–Crippen MR) is 110 cm³/mol. The molecule has 2 aromatic rings. The zero-order valence-electron chi connectivity index (χ0n) is 18.0. The third-order valence-electron chi connectivity index (χ3n) is 6.20. The molecule has 11 heteroatoms. The van der Waals surface area contributed by atoms with E-state index >= 15 is 0 Å². The van der Waals surface area contributed by atoms with E-state index < -0.39 is 24.0 Å². The van der Waals surface area contributed by atoms with Crippen LogP contribution in [0.3, 0.4) is 0 Å². The second kappa shape index (κ2) is 9.12. The molecule has 4 rings (SSSR count). The summed E-state index contributed by atoms with van der Waals surface area (Å²) < 4.78 is 60.3. The number of amides is 1. The summed E-state index contributed by atoms with van der Waals surface area (Å²) in [6.07, 6.45) is 0.789. The smallest absolute Gasteiger partial charge is 0.406 e. The lowest BCUT2D eigenvalue weighted by Gasteiger charge is -2.33. The number of carbonyl (C=O) groups excluding carboxylic acids is 1. The van der Waals surface area contributed by atoms with E-state index in [0.29, 0.717) is 24.7 Å². The number of benzene rings is 1. The van der Waals surface area contributed by atoms with Gasteiger partial charge in [0.15, 0.2) is 0 Å². The van der Waals surface area contributed by atoms with Crippen molar-refractivity contribution in [2.45, 2.75) is 38.6 Å². The quantitative estimate of drug-likeness (QED) is 0.659. The summed E-state index contributed by atoms with van der Waals surface area (Å²) in [4.78, 5) is 23.0. The summed E-state index contributed by atoms with van der Waals surface area (Å²) in [6, 6.07) is 2.27. The highest BCUT2D eigenvalue weighted by Crippen LogP contribution is 2.40. The lowest BCUT2D eigenvalue weighted by Crippen LogP contribution is -2.35. The van der Waals surface area contributed by atoms with E-state index in [-0.39, 0.29) is 22.8 Å². The molecule has 0 radical (unpaired) electrons. The van der Waals surface area contributed by atoms with Crippen molar-refractivity contribution < 1.29 is 31.8 Å². The van der Waals surface area contributed by atoms with Crippen LogP contribution in [0, 0.1) is 11.2 Å². The van der Waals surface area contributed by atoms with E-state index in [2.05, 4.69) is 20.0 Å². The molecule has 2 aliphatic rings. The van der Waals surface area contributed by atoms with Crippen molar-refractivity contribution in [2.75, 3.05) is 31.6 Å². The molecule has 1 aromatic carbocycles. The average molecular weight is 468 g/mol. The molecule has 1 N–H and O–H groups in total. The summed E-state index contributed by atoms with van der Waals surface area (Å²) in [5.41, 5.74) is 0.612. The highest BCUT2D eigenvalue weighted by molar-refractivity contribution is 5.94. The minimum atomic E-state index is -4.90. The number of carbonyl (C=O) groups is 1. The molecule has 0 bridgehead atoms. The molecule has 178 valence electrons. The first-order chi connectivity index (χ1) is 15.6. The van der Waals surface area contributed by atoms with Crippen LogP contribution < -0.4 is 10.1 Å². The number of hydrogen-bond donors (Lipinski definition) is 1. The Morgan fingerprint density at radius 1 is 1.21 bits per heavy atom. The van der Waals surface area contributed by atoms with Crippen molar-refractivity contribution in [3.05, 3.63) is 47.5 Å². The van der Waals surface area contributed by atoms with Gasteiger partial charge < -0.3 is 19.7 Å². The van der Waals surface area contributed by atoms with E-state index in [1.165, 1.54) is 18.5 Å². The molecule has 2 saturated heterocycles. The van der Waals surface area contributed by atoms with Crippen molar-refractivity contribution in [3.8, 4) is 5.75 Å². The molecule has 3 heterocycles. The number of nitrogens with zero attached hydrogens (tertiary/aromatic N) is 3. The van der Waals surface area contributed by atoms with Gasteiger partial charge in [-0.05, 0) is 37.7 Å². The molecule has 1 spiro atoms.